The fourth-order valence-electron chi connectivity index (χ4n) is 4.31. The number of aromatic nitrogens is 3. The molecule has 4 aromatic rings. The quantitative estimate of drug-likeness (QED) is 0.412. The molecule has 0 amide bonds. The average molecular weight is 450 g/mol. The van der Waals surface area contributed by atoms with Gasteiger partial charge in [-0.15, -0.1) is 6.42 Å². The van der Waals surface area contributed by atoms with Crippen molar-refractivity contribution in [3.05, 3.63) is 83.8 Å². The fraction of sp³-hybridized carbons (Fsp3) is 0.250. The summed E-state index contributed by atoms with van der Waals surface area (Å²) in [6.45, 7) is 2.70. The number of hydrogen-bond donors (Lipinski definition) is 1. The topological polar surface area (TPSA) is 63.2 Å². The van der Waals surface area contributed by atoms with Crippen LogP contribution in [0.3, 0.4) is 0 Å². The third-order valence-electron chi connectivity index (χ3n) is 6.31. The van der Waals surface area contributed by atoms with Crippen LogP contribution in [0.25, 0.3) is 10.9 Å². The number of terminal acetylenes is 1. The van der Waals surface area contributed by atoms with E-state index in [4.69, 9.17) is 16.1 Å². The Morgan fingerprint density at radius 3 is 2.68 bits per heavy atom. The van der Waals surface area contributed by atoms with E-state index in [1.807, 2.05) is 24.3 Å². The first-order chi connectivity index (χ1) is 16.7. The molecule has 0 bridgehead atoms. The largest absolute Gasteiger partial charge is 0.487 e. The predicted molar refractivity (Wildman–Crippen MR) is 135 cm³/mol. The molecule has 3 heterocycles. The Bertz CT molecular complexity index is 1310. The zero-order valence-electron chi connectivity index (χ0n) is 19.2. The van der Waals surface area contributed by atoms with Crippen LogP contribution in [0, 0.1) is 12.3 Å². The zero-order chi connectivity index (χ0) is 23.3. The molecule has 1 N–H and O–H groups in total. The second-order valence-corrected chi connectivity index (χ2v) is 8.72. The molecule has 0 unspecified atom stereocenters. The Morgan fingerprint density at radius 1 is 1.12 bits per heavy atom. The molecule has 1 fully saturated rings. The van der Waals surface area contributed by atoms with Gasteiger partial charge in [0, 0.05) is 41.3 Å². The number of benzene rings is 2. The van der Waals surface area contributed by atoms with Crippen molar-refractivity contribution in [2.24, 2.45) is 0 Å². The first-order valence-electron chi connectivity index (χ1n) is 11.5. The standard InChI is InChI=1S/C28H27N5O/c1-3-21-15-24-18-30-28(32-26(24)16-27(21)34-19-20-5-4-12-29-17-20)31-25-8-6-22(7-9-25)23-10-13-33(2)14-11-23/h1,4-9,12,15-18,23H,10-11,13-14,19H2,2H3,(H,30,31,32). The van der Waals surface area contributed by atoms with Gasteiger partial charge in [-0.05, 0) is 68.7 Å². The van der Waals surface area contributed by atoms with Crippen molar-refractivity contribution in [3.8, 4) is 18.1 Å². The summed E-state index contributed by atoms with van der Waals surface area (Å²) in [5.74, 6) is 4.49. The molecule has 0 spiro atoms. The second-order valence-electron chi connectivity index (χ2n) is 8.72. The van der Waals surface area contributed by atoms with E-state index >= 15 is 0 Å². The summed E-state index contributed by atoms with van der Waals surface area (Å²) in [5.41, 5.74) is 4.77. The minimum absolute atomic E-state index is 0.383. The van der Waals surface area contributed by atoms with Crippen molar-refractivity contribution in [1.29, 1.82) is 0 Å². The van der Waals surface area contributed by atoms with E-state index < -0.39 is 0 Å². The van der Waals surface area contributed by atoms with Crippen molar-refractivity contribution in [1.82, 2.24) is 19.9 Å². The second kappa shape index (κ2) is 9.90. The summed E-state index contributed by atoms with van der Waals surface area (Å²) in [5, 5.41) is 4.18. The maximum absolute atomic E-state index is 5.99. The predicted octanol–water partition coefficient (Wildman–Crippen LogP) is 5.14. The summed E-state index contributed by atoms with van der Waals surface area (Å²) < 4.78 is 5.99. The van der Waals surface area contributed by atoms with Crippen LogP contribution in [0.2, 0.25) is 0 Å². The number of nitrogens with zero attached hydrogens (tertiary/aromatic N) is 4. The lowest BCUT2D eigenvalue weighted by atomic mass is 9.89. The average Bonchev–Trinajstić information content (AvgIpc) is 2.88. The number of pyridine rings is 1. The van der Waals surface area contributed by atoms with E-state index in [-0.39, 0.29) is 0 Å². The number of piperidine rings is 1. The van der Waals surface area contributed by atoms with Crippen molar-refractivity contribution < 1.29 is 4.74 Å². The van der Waals surface area contributed by atoms with Gasteiger partial charge in [-0.25, -0.2) is 9.97 Å². The molecule has 170 valence electrons. The number of hydrogen-bond acceptors (Lipinski definition) is 6. The molecule has 6 nitrogen and oxygen atoms in total. The molecule has 1 saturated heterocycles. The fourth-order valence-corrected chi connectivity index (χ4v) is 4.31. The minimum atomic E-state index is 0.383. The molecule has 6 heteroatoms. The van der Waals surface area contributed by atoms with Gasteiger partial charge < -0.3 is 15.0 Å². The highest BCUT2D eigenvalue weighted by Crippen LogP contribution is 2.29. The van der Waals surface area contributed by atoms with Gasteiger partial charge >= 0.3 is 0 Å². The summed E-state index contributed by atoms with van der Waals surface area (Å²) in [6, 6.07) is 16.2. The van der Waals surface area contributed by atoms with Gasteiger partial charge in [0.1, 0.15) is 12.4 Å². The third-order valence-corrected chi connectivity index (χ3v) is 6.31. The maximum Gasteiger partial charge on any atom is 0.227 e. The van der Waals surface area contributed by atoms with Gasteiger partial charge in [-0.3, -0.25) is 4.98 Å². The Hall–Kier alpha value is -3.95. The van der Waals surface area contributed by atoms with Gasteiger partial charge in [0.2, 0.25) is 5.95 Å². The van der Waals surface area contributed by atoms with Crippen LogP contribution in [0.4, 0.5) is 11.6 Å². The highest BCUT2D eigenvalue weighted by molar-refractivity contribution is 5.83. The number of nitrogens with one attached hydrogen (secondary N) is 1. The number of rotatable bonds is 6. The van der Waals surface area contributed by atoms with Crippen LogP contribution in [0.15, 0.2) is 67.1 Å². The van der Waals surface area contributed by atoms with E-state index in [1.165, 1.54) is 18.4 Å². The molecule has 1 aliphatic heterocycles. The molecule has 0 aliphatic carbocycles. The highest BCUT2D eigenvalue weighted by Gasteiger charge is 2.18. The van der Waals surface area contributed by atoms with Crippen molar-refractivity contribution in [2.45, 2.75) is 25.4 Å². The zero-order valence-corrected chi connectivity index (χ0v) is 19.2. The van der Waals surface area contributed by atoms with Crippen LogP contribution in [0.5, 0.6) is 5.75 Å². The van der Waals surface area contributed by atoms with E-state index in [0.29, 0.717) is 29.8 Å². The molecule has 1 aliphatic rings. The lowest BCUT2D eigenvalue weighted by molar-refractivity contribution is 0.255. The van der Waals surface area contributed by atoms with E-state index in [2.05, 4.69) is 57.4 Å². The molecule has 34 heavy (non-hydrogen) atoms. The number of anilines is 2. The molecular weight excluding hydrogens is 422 g/mol. The van der Waals surface area contributed by atoms with Gasteiger partial charge in [0.05, 0.1) is 11.1 Å². The molecule has 2 aromatic carbocycles. The Kier molecular flexibility index (Phi) is 6.37. The minimum Gasteiger partial charge on any atom is -0.487 e. The molecule has 2 aromatic heterocycles. The number of likely N-dealkylation sites (tertiary alicyclic amines) is 1. The summed E-state index contributed by atoms with van der Waals surface area (Å²) in [6.07, 6.45) is 13.4. The first-order valence-corrected chi connectivity index (χ1v) is 11.5. The normalized spacial score (nSPS) is 14.6. The van der Waals surface area contributed by atoms with Gasteiger partial charge in [-0.1, -0.05) is 24.1 Å². The number of fused-ring (bicyclic) bond motifs is 1. The summed E-state index contributed by atoms with van der Waals surface area (Å²) in [7, 11) is 2.19. The van der Waals surface area contributed by atoms with Crippen LogP contribution in [0.1, 0.15) is 35.4 Å². The molecule has 0 saturated carbocycles. The smallest absolute Gasteiger partial charge is 0.227 e. The van der Waals surface area contributed by atoms with Crippen LogP contribution in [-0.4, -0.2) is 40.0 Å². The van der Waals surface area contributed by atoms with E-state index in [0.717, 1.165) is 35.2 Å². The summed E-state index contributed by atoms with van der Waals surface area (Å²) >= 11 is 0. The lowest BCUT2D eigenvalue weighted by Gasteiger charge is -2.29. The third kappa shape index (κ3) is 5.00. The first kappa shape index (κ1) is 21.9. The van der Waals surface area contributed by atoms with Crippen molar-refractivity contribution in [3.63, 3.8) is 0 Å². The Balaban J connectivity index is 1.32. The molecule has 0 radical (unpaired) electrons. The molecule has 0 atom stereocenters. The van der Waals surface area contributed by atoms with Crippen molar-refractivity contribution in [2.75, 3.05) is 25.5 Å². The highest BCUT2D eigenvalue weighted by atomic mass is 16.5. The van der Waals surface area contributed by atoms with Crippen molar-refractivity contribution >= 4 is 22.5 Å². The monoisotopic (exact) mass is 449 g/mol. The van der Waals surface area contributed by atoms with Crippen LogP contribution < -0.4 is 10.1 Å². The van der Waals surface area contributed by atoms with Crippen LogP contribution in [-0.2, 0) is 6.61 Å². The SMILES string of the molecule is C#Cc1cc2cnc(Nc3ccc(C4CCN(C)CC4)cc3)nc2cc1OCc1cccnc1. The Labute approximate surface area is 200 Å². The van der Waals surface area contributed by atoms with Gasteiger partial charge in [0.25, 0.3) is 0 Å². The summed E-state index contributed by atoms with van der Waals surface area (Å²) in [4.78, 5) is 15.7. The lowest BCUT2D eigenvalue weighted by Crippen LogP contribution is -2.29. The maximum atomic E-state index is 5.99. The molecule has 5 rings (SSSR count). The van der Waals surface area contributed by atoms with E-state index in [9.17, 15) is 0 Å². The molecular formula is C28H27N5O. The van der Waals surface area contributed by atoms with E-state index in [1.54, 1.807) is 18.6 Å². The van der Waals surface area contributed by atoms with Gasteiger partial charge in [-0.2, -0.15) is 0 Å². The van der Waals surface area contributed by atoms with Crippen LogP contribution >= 0.6 is 0 Å². The number of ether oxygens (including phenoxy) is 1. The Morgan fingerprint density at radius 2 is 1.94 bits per heavy atom. The van der Waals surface area contributed by atoms with Gasteiger partial charge in [0.15, 0.2) is 0 Å².